The molecule has 5 nitrogen and oxygen atoms in total. The molecule has 0 aliphatic carbocycles. The lowest BCUT2D eigenvalue weighted by atomic mass is 9.96. The first kappa shape index (κ1) is 17.0. The van der Waals surface area contributed by atoms with Gasteiger partial charge in [-0.05, 0) is 30.4 Å². The van der Waals surface area contributed by atoms with Crippen LogP contribution >= 0.6 is 23.1 Å². The summed E-state index contributed by atoms with van der Waals surface area (Å²) in [6.07, 6.45) is 4.53. The van der Waals surface area contributed by atoms with E-state index in [0.29, 0.717) is 25.9 Å². The van der Waals surface area contributed by atoms with Gasteiger partial charge >= 0.3 is 0 Å². The Kier molecular flexibility index (Phi) is 5.15. The van der Waals surface area contributed by atoms with E-state index in [1.165, 1.54) is 10.6 Å². The molecule has 126 valence electrons. The number of hydrogen-bond acceptors (Lipinski definition) is 5. The highest BCUT2D eigenvalue weighted by Crippen LogP contribution is 2.33. The molecule has 2 aliphatic rings. The summed E-state index contributed by atoms with van der Waals surface area (Å²) in [5, 5.41) is 3.04. The van der Waals surface area contributed by atoms with Crippen molar-refractivity contribution in [2.24, 2.45) is 5.92 Å². The van der Waals surface area contributed by atoms with Gasteiger partial charge in [-0.3, -0.25) is 4.79 Å². The van der Waals surface area contributed by atoms with E-state index in [-0.39, 0.29) is 11.8 Å². The van der Waals surface area contributed by atoms with Crippen molar-refractivity contribution in [2.75, 3.05) is 31.6 Å². The quantitative estimate of drug-likeness (QED) is 0.817. The van der Waals surface area contributed by atoms with Gasteiger partial charge in [-0.2, -0.15) is 0 Å². The zero-order valence-electron chi connectivity index (χ0n) is 13.0. The second-order valence-corrected chi connectivity index (χ2v) is 9.85. The molecule has 0 N–H and O–H groups in total. The zero-order valence-corrected chi connectivity index (χ0v) is 15.4. The minimum Gasteiger partial charge on any atom is -0.306 e. The molecule has 0 aromatic carbocycles. The van der Waals surface area contributed by atoms with Crippen LogP contribution in [0, 0.1) is 5.92 Å². The fraction of sp³-hybridized carbons (Fsp3) is 0.533. The first-order valence-electron chi connectivity index (χ1n) is 7.59. The van der Waals surface area contributed by atoms with Crippen molar-refractivity contribution in [1.29, 1.82) is 0 Å². The predicted octanol–water partition coefficient (Wildman–Crippen LogP) is 2.29. The number of thiophene rings is 1. The normalized spacial score (nSPS) is 22.8. The van der Waals surface area contributed by atoms with Crippen LogP contribution in [0.3, 0.4) is 0 Å². The first-order chi connectivity index (χ1) is 10.9. The number of amides is 1. The zero-order chi connectivity index (χ0) is 16.4. The Labute approximate surface area is 145 Å². The van der Waals surface area contributed by atoms with Crippen LogP contribution in [0.5, 0.6) is 0 Å². The molecule has 0 radical (unpaired) electrons. The Morgan fingerprint density at radius 1 is 1.30 bits per heavy atom. The molecule has 2 fully saturated rings. The van der Waals surface area contributed by atoms with E-state index >= 15 is 0 Å². The van der Waals surface area contributed by atoms with Crippen LogP contribution < -0.4 is 0 Å². The molecule has 1 aromatic rings. The van der Waals surface area contributed by atoms with Gasteiger partial charge in [0.1, 0.15) is 0 Å². The van der Waals surface area contributed by atoms with E-state index in [9.17, 15) is 13.2 Å². The number of piperidine rings is 1. The highest BCUT2D eigenvalue weighted by molar-refractivity contribution is 8.03. The highest BCUT2D eigenvalue weighted by atomic mass is 32.2. The van der Waals surface area contributed by atoms with Crippen LogP contribution in [0.25, 0.3) is 6.08 Å². The van der Waals surface area contributed by atoms with E-state index in [0.717, 1.165) is 22.2 Å². The summed E-state index contributed by atoms with van der Waals surface area (Å²) in [4.78, 5) is 15.8. The summed E-state index contributed by atoms with van der Waals surface area (Å²) in [6.45, 7) is 1.63. The molecule has 3 heterocycles. The second-order valence-electron chi connectivity index (χ2n) is 5.77. The number of hydrogen-bond donors (Lipinski definition) is 0. The summed E-state index contributed by atoms with van der Waals surface area (Å²) in [5.41, 5.74) is 0. The Bertz CT molecular complexity index is 690. The van der Waals surface area contributed by atoms with Gasteiger partial charge in [-0.25, -0.2) is 12.7 Å². The van der Waals surface area contributed by atoms with E-state index in [2.05, 4.69) is 6.08 Å². The van der Waals surface area contributed by atoms with Crippen molar-refractivity contribution in [3.8, 4) is 0 Å². The predicted molar refractivity (Wildman–Crippen MR) is 95.6 cm³/mol. The van der Waals surface area contributed by atoms with E-state index in [1.54, 1.807) is 23.1 Å². The molecule has 0 saturated carbocycles. The fourth-order valence-electron chi connectivity index (χ4n) is 2.92. The SMILES string of the molecule is CS(=O)(=O)N1CCC(C(=O)N2CCS/C2=C/c2cccs2)CC1. The third-order valence-corrected chi connectivity index (χ3v) is 7.32. The van der Waals surface area contributed by atoms with Gasteiger partial charge in [-0.1, -0.05) is 6.07 Å². The Morgan fingerprint density at radius 2 is 2.04 bits per heavy atom. The first-order valence-corrected chi connectivity index (χ1v) is 11.3. The molecule has 8 heteroatoms. The summed E-state index contributed by atoms with van der Waals surface area (Å²) >= 11 is 3.37. The number of carbonyl (C=O) groups excluding carboxylic acids is 1. The molecule has 0 bridgehead atoms. The lowest BCUT2D eigenvalue weighted by Crippen LogP contribution is -2.43. The lowest BCUT2D eigenvalue weighted by Gasteiger charge is -2.31. The third-order valence-electron chi connectivity index (χ3n) is 4.18. The van der Waals surface area contributed by atoms with Crippen LogP contribution in [-0.4, -0.2) is 55.2 Å². The minimum atomic E-state index is -3.14. The molecule has 2 aliphatic heterocycles. The number of thioether (sulfide) groups is 1. The average molecular weight is 373 g/mol. The van der Waals surface area contributed by atoms with Gasteiger partial charge in [-0.15, -0.1) is 23.1 Å². The minimum absolute atomic E-state index is 0.0709. The molecular weight excluding hydrogens is 352 g/mol. The highest BCUT2D eigenvalue weighted by Gasteiger charge is 2.34. The average Bonchev–Trinajstić information content (AvgIpc) is 3.18. The molecule has 2 saturated heterocycles. The maximum atomic E-state index is 12.8. The van der Waals surface area contributed by atoms with E-state index < -0.39 is 10.0 Å². The van der Waals surface area contributed by atoms with Crippen molar-refractivity contribution in [3.05, 3.63) is 27.4 Å². The van der Waals surface area contributed by atoms with Crippen LogP contribution in [0.1, 0.15) is 17.7 Å². The Morgan fingerprint density at radius 3 is 2.65 bits per heavy atom. The molecule has 0 unspecified atom stereocenters. The molecule has 1 aromatic heterocycles. The third kappa shape index (κ3) is 3.99. The van der Waals surface area contributed by atoms with Gasteiger partial charge in [0.25, 0.3) is 0 Å². The van der Waals surface area contributed by atoms with Gasteiger partial charge in [0.15, 0.2) is 0 Å². The smallest absolute Gasteiger partial charge is 0.230 e. The fourth-order valence-corrected chi connectivity index (χ4v) is 5.55. The van der Waals surface area contributed by atoms with Gasteiger partial charge in [0, 0.05) is 36.2 Å². The van der Waals surface area contributed by atoms with Crippen LogP contribution in [0.4, 0.5) is 0 Å². The molecule has 1 amide bonds. The van der Waals surface area contributed by atoms with E-state index in [4.69, 9.17) is 0 Å². The lowest BCUT2D eigenvalue weighted by molar-refractivity contribution is -0.133. The van der Waals surface area contributed by atoms with Crippen LogP contribution in [0.15, 0.2) is 22.5 Å². The maximum absolute atomic E-state index is 12.8. The van der Waals surface area contributed by atoms with E-state index in [1.807, 2.05) is 22.4 Å². The summed E-state index contributed by atoms with van der Waals surface area (Å²) in [5.74, 6) is 0.995. The standard InChI is InChI=1S/C15H20N2O3S3/c1-23(19,20)16-6-4-12(5-7-16)15(18)17-8-10-22-14(17)11-13-3-2-9-21-13/h2-3,9,11-12H,4-8,10H2,1H3/b14-11+. The van der Waals surface area contributed by atoms with Crippen molar-refractivity contribution >= 4 is 45.1 Å². The van der Waals surface area contributed by atoms with Crippen LogP contribution in [0.2, 0.25) is 0 Å². The monoisotopic (exact) mass is 372 g/mol. The summed E-state index contributed by atoms with van der Waals surface area (Å²) in [6, 6.07) is 4.05. The van der Waals surface area contributed by atoms with Crippen molar-refractivity contribution in [3.63, 3.8) is 0 Å². The van der Waals surface area contributed by atoms with Crippen molar-refractivity contribution in [1.82, 2.24) is 9.21 Å². The number of nitrogens with zero attached hydrogens (tertiary/aromatic N) is 2. The van der Waals surface area contributed by atoms with Crippen molar-refractivity contribution < 1.29 is 13.2 Å². The Balaban J connectivity index is 1.66. The summed E-state index contributed by atoms with van der Waals surface area (Å²) in [7, 11) is -3.14. The maximum Gasteiger partial charge on any atom is 0.230 e. The van der Waals surface area contributed by atoms with Gasteiger partial charge in [0.05, 0.1) is 11.3 Å². The number of rotatable bonds is 3. The second kappa shape index (κ2) is 6.96. The molecule has 3 rings (SSSR count). The molecular formula is C15H20N2O3S3. The number of sulfonamides is 1. The molecule has 23 heavy (non-hydrogen) atoms. The summed E-state index contributed by atoms with van der Waals surface area (Å²) < 4.78 is 24.6. The molecule has 0 spiro atoms. The Hall–Kier alpha value is -0.830. The largest absolute Gasteiger partial charge is 0.306 e. The van der Waals surface area contributed by atoms with Crippen LogP contribution in [-0.2, 0) is 14.8 Å². The van der Waals surface area contributed by atoms with Gasteiger partial charge in [0.2, 0.25) is 15.9 Å². The molecule has 0 atom stereocenters. The van der Waals surface area contributed by atoms with Gasteiger partial charge < -0.3 is 4.90 Å². The number of carbonyl (C=O) groups is 1. The van der Waals surface area contributed by atoms with Crippen molar-refractivity contribution in [2.45, 2.75) is 12.8 Å². The topological polar surface area (TPSA) is 57.7 Å².